The third-order valence-corrected chi connectivity index (χ3v) is 3.72. The minimum atomic E-state index is -0.963. The number of carbonyl (C=O) groups is 3. The summed E-state index contributed by atoms with van der Waals surface area (Å²) >= 11 is 5.72. The SMILES string of the molecule is O=C(CCCNC(=O)c1ccc(F)cc1F)NNC(=O)c1ccc(Cl)cc1. The fourth-order valence-corrected chi connectivity index (χ4v) is 2.21. The summed E-state index contributed by atoms with van der Waals surface area (Å²) in [5, 5.41) is 2.91. The first-order chi connectivity index (χ1) is 12.9. The van der Waals surface area contributed by atoms with Gasteiger partial charge >= 0.3 is 0 Å². The summed E-state index contributed by atoms with van der Waals surface area (Å²) in [5.74, 6) is -3.40. The van der Waals surface area contributed by atoms with Gasteiger partial charge in [-0.2, -0.15) is 0 Å². The number of nitrogens with one attached hydrogen (secondary N) is 3. The first-order valence-corrected chi connectivity index (χ1v) is 8.32. The largest absolute Gasteiger partial charge is 0.352 e. The molecule has 0 unspecified atom stereocenters. The van der Waals surface area contributed by atoms with Crippen molar-refractivity contribution < 1.29 is 23.2 Å². The number of carbonyl (C=O) groups excluding carboxylic acids is 3. The van der Waals surface area contributed by atoms with Crippen LogP contribution in [0, 0.1) is 11.6 Å². The molecule has 2 aromatic carbocycles. The van der Waals surface area contributed by atoms with Gasteiger partial charge in [0.25, 0.3) is 11.8 Å². The van der Waals surface area contributed by atoms with Crippen molar-refractivity contribution in [1.82, 2.24) is 16.2 Å². The monoisotopic (exact) mass is 395 g/mol. The molecular formula is C18H16ClF2N3O3. The van der Waals surface area contributed by atoms with Gasteiger partial charge < -0.3 is 5.32 Å². The molecule has 2 aromatic rings. The van der Waals surface area contributed by atoms with Crippen molar-refractivity contribution in [2.75, 3.05) is 6.54 Å². The van der Waals surface area contributed by atoms with Crippen molar-refractivity contribution in [2.45, 2.75) is 12.8 Å². The maximum atomic E-state index is 13.5. The predicted octanol–water partition coefficient (Wildman–Crippen LogP) is 2.59. The molecule has 0 saturated heterocycles. The van der Waals surface area contributed by atoms with Crippen LogP contribution >= 0.6 is 11.6 Å². The minimum Gasteiger partial charge on any atom is -0.352 e. The molecule has 0 fully saturated rings. The van der Waals surface area contributed by atoms with Crippen LogP contribution in [0.15, 0.2) is 42.5 Å². The van der Waals surface area contributed by atoms with Gasteiger partial charge in [0.05, 0.1) is 5.56 Å². The van der Waals surface area contributed by atoms with E-state index in [2.05, 4.69) is 16.2 Å². The number of amides is 3. The molecule has 27 heavy (non-hydrogen) atoms. The second kappa shape index (κ2) is 9.63. The highest BCUT2D eigenvalue weighted by molar-refractivity contribution is 6.30. The molecule has 0 saturated carbocycles. The van der Waals surface area contributed by atoms with Gasteiger partial charge in [0.15, 0.2) is 0 Å². The molecule has 0 spiro atoms. The predicted molar refractivity (Wildman–Crippen MR) is 95.0 cm³/mol. The van der Waals surface area contributed by atoms with E-state index in [0.29, 0.717) is 16.7 Å². The van der Waals surface area contributed by atoms with E-state index in [1.54, 1.807) is 12.1 Å². The van der Waals surface area contributed by atoms with Crippen molar-refractivity contribution in [3.05, 3.63) is 70.2 Å². The van der Waals surface area contributed by atoms with E-state index >= 15 is 0 Å². The quantitative estimate of drug-likeness (QED) is 0.519. The molecule has 2 rings (SSSR count). The molecule has 9 heteroatoms. The number of hydrogen-bond donors (Lipinski definition) is 3. The molecule has 6 nitrogen and oxygen atoms in total. The molecule has 0 atom stereocenters. The van der Waals surface area contributed by atoms with Gasteiger partial charge in [-0.25, -0.2) is 8.78 Å². The van der Waals surface area contributed by atoms with Crippen LogP contribution in [0.2, 0.25) is 5.02 Å². The summed E-state index contributed by atoms with van der Waals surface area (Å²) in [4.78, 5) is 35.3. The van der Waals surface area contributed by atoms with Gasteiger partial charge in [-0.05, 0) is 42.8 Å². The van der Waals surface area contributed by atoms with E-state index in [1.165, 1.54) is 12.1 Å². The Morgan fingerprint density at radius 3 is 2.30 bits per heavy atom. The van der Waals surface area contributed by atoms with E-state index in [-0.39, 0.29) is 24.9 Å². The molecule has 142 valence electrons. The van der Waals surface area contributed by atoms with Gasteiger partial charge in [0.2, 0.25) is 5.91 Å². The van der Waals surface area contributed by atoms with Crippen LogP contribution in [-0.4, -0.2) is 24.3 Å². The van der Waals surface area contributed by atoms with Gasteiger partial charge in [0.1, 0.15) is 11.6 Å². The molecule has 0 aliphatic rings. The molecule has 0 heterocycles. The third kappa shape index (κ3) is 6.34. The number of benzene rings is 2. The molecule has 0 aliphatic heterocycles. The van der Waals surface area contributed by atoms with E-state index < -0.39 is 29.4 Å². The van der Waals surface area contributed by atoms with Gasteiger partial charge in [0, 0.05) is 29.6 Å². The molecule has 0 bridgehead atoms. The average Bonchev–Trinajstić information content (AvgIpc) is 2.63. The molecule has 0 aromatic heterocycles. The Hall–Kier alpha value is -3.00. The Kier molecular flexibility index (Phi) is 7.25. The van der Waals surface area contributed by atoms with Gasteiger partial charge in [-0.1, -0.05) is 11.6 Å². The number of rotatable bonds is 6. The lowest BCUT2D eigenvalue weighted by molar-refractivity contribution is -0.121. The zero-order valence-electron chi connectivity index (χ0n) is 14.0. The van der Waals surface area contributed by atoms with Gasteiger partial charge in [-0.3, -0.25) is 25.2 Å². The average molecular weight is 396 g/mol. The fraction of sp³-hybridized carbons (Fsp3) is 0.167. The second-order valence-electron chi connectivity index (χ2n) is 5.49. The molecule has 0 aliphatic carbocycles. The number of halogens is 3. The van der Waals surface area contributed by atoms with E-state index in [1.807, 2.05) is 0 Å². The Morgan fingerprint density at radius 1 is 0.926 bits per heavy atom. The van der Waals surface area contributed by atoms with Crippen LogP contribution < -0.4 is 16.2 Å². The van der Waals surface area contributed by atoms with Crippen molar-refractivity contribution >= 4 is 29.3 Å². The summed E-state index contributed by atoms with van der Waals surface area (Å²) in [6.07, 6.45) is 0.282. The summed E-state index contributed by atoms with van der Waals surface area (Å²) in [7, 11) is 0. The summed E-state index contributed by atoms with van der Waals surface area (Å²) in [6, 6.07) is 8.75. The smallest absolute Gasteiger partial charge is 0.269 e. The van der Waals surface area contributed by atoms with Crippen LogP contribution in [-0.2, 0) is 4.79 Å². The van der Waals surface area contributed by atoms with E-state index in [4.69, 9.17) is 11.6 Å². The summed E-state index contributed by atoms with van der Waals surface area (Å²) in [6.45, 7) is 0.105. The molecule has 3 N–H and O–H groups in total. The maximum absolute atomic E-state index is 13.5. The zero-order chi connectivity index (χ0) is 19.8. The molecule has 3 amide bonds. The lowest BCUT2D eigenvalue weighted by Gasteiger charge is -2.08. The Labute approximate surface area is 158 Å². The topological polar surface area (TPSA) is 87.3 Å². The summed E-state index contributed by atoms with van der Waals surface area (Å²) in [5.41, 5.74) is 4.54. The second-order valence-corrected chi connectivity index (χ2v) is 5.93. The lowest BCUT2D eigenvalue weighted by Crippen LogP contribution is -2.41. The molecule has 0 radical (unpaired) electrons. The molecular weight excluding hydrogens is 380 g/mol. The van der Waals surface area contributed by atoms with Crippen molar-refractivity contribution in [3.8, 4) is 0 Å². The Morgan fingerprint density at radius 2 is 1.63 bits per heavy atom. The normalized spacial score (nSPS) is 10.2. The van der Waals surface area contributed by atoms with Crippen LogP contribution in [0.5, 0.6) is 0 Å². The van der Waals surface area contributed by atoms with Crippen LogP contribution in [0.25, 0.3) is 0 Å². The lowest BCUT2D eigenvalue weighted by atomic mass is 10.2. The first-order valence-electron chi connectivity index (χ1n) is 7.95. The Bertz CT molecular complexity index is 844. The van der Waals surface area contributed by atoms with Crippen molar-refractivity contribution in [2.24, 2.45) is 0 Å². The van der Waals surface area contributed by atoms with Gasteiger partial charge in [-0.15, -0.1) is 0 Å². The number of hydrogen-bond acceptors (Lipinski definition) is 3. The fourth-order valence-electron chi connectivity index (χ4n) is 2.08. The third-order valence-electron chi connectivity index (χ3n) is 3.46. The number of hydrazine groups is 1. The summed E-state index contributed by atoms with van der Waals surface area (Å²) < 4.78 is 26.3. The standard InChI is InChI=1S/C18H16ClF2N3O3/c19-12-5-3-11(4-6-12)17(26)24-23-16(25)2-1-9-22-18(27)14-8-7-13(20)10-15(14)21/h3-8,10H,1-2,9H2,(H,22,27)(H,23,25)(H,24,26). The first kappa shape index (κ1) is 20.3. The van der Waals surface area contributed by atoms with Crippen molar-refractivity contribution in [1.29, 1.82) is 0 Å². The highest BCUT2D eigenvalue weighted by atomic mass is 35.5. The van der Waals surface area contributed by atoms with Crippen LogP contribution in [0.4, 0.5) is 8.78 Å². The highest BCUT2D eigenvalue weighted by Crippen LogP contribution is 2.10. The maximum Gasteiger partial charge on any atom is 0.269 e. The Balaban J connectivity index is 1.67. The van der Waals surface area contributed by atoms with Crippen LogP contribution in [0.3, 0.4) is 0 Å². The zero-order valence-corrected chi connectivity index (χ0v) is 14.8. The van der Waals surface area contributed by atoms with Crippen molar-refractivity contribution in [3.63, 3.8) is 0 Å². The van der Waals surface area contributed by atoms with Crippen LogP contribution in [0.1, 0.15) is 33.6 Å². The highest BCUT2D eigenvalue weighted by Gasteiger charge is 2.12. The van der Waals surface area contributed by atoms with E-state index in [0.717, 1.165) is 12.1 Å². The minimum absolute atomic E-state index is 0.0209. The van der Waals surface area contributed by atoms with E-state index in [9.17, 15) is 23.2 Å².